The normalized spacial score (nSPS) is 13.0. The van der Waals surface area contributed by atoms with E-state index in [2.05, 4.69) is 20.8 Å². The number of alkyl carbamates (subject to hydrolysis) is 1. The molecule has 1 aromatic heterocycles. The van der Waals surface area contributed by atoms with E-state index < -0.39 is 24.0 Å². The lowest BCUT2D eigenvalue weighted by Gasteiger charge is -2.19. The Morgan fingerprint density at radius 1 is 1.06 bits per heavy atom. The number of carboxylic acid groups (broad SMARTS) is 1. The summed E-state index contributed by atoms with van der Waals surface area (Å²) in [6.07, 6.45) is -1.21. The predicted octanol–water partition coefficient (Wildman–Crippen LogP) is 2.77. The van der Waals surface area contributed by atoms with Gasteiger partial charge in [-0.15, -0.1) is 10.2 Å². The molecule has 2 amide bonds. The van der Waals surface area contributed by atoms with Gasteiger partial charge in [0.1, 0.15) is 12.6 Å². The molecule has 0 aliphatic heterocycles. The van der Waals surface area contributed by atoms with Crippen LogP contribution in [0.15, 0.2) is 52.9 Å². The SMILES string of the molecule is Cc1nnc(CNC(=O)C(CCC(=O)O)NC(=O)OCC2c3ccccc3-c3ccccc32)o1. The third kappa shape index (κ3) is 5.22. The quantitative estimate of drug-likeness (QED) is 0.439. The fourth-order valence-corrected chi connectivity index (χ4v) is 4.01. The van der Waals surface area contributed by atoms with Gasteiger partial charge in [-0.05, 0) is 28.7 Å². The summed E-state index contributed by atoms with van der Waals surface area (Å²) in [7, 11) is 0. The molecule has 1 aliphatic rings. The molecule has 2 aromatic carbocycles. The third-order valence-corrected chi connectivity index (χ3v) is 5.58. The predicted molar refractivity (Wildman–Crippen MR) is 120 cm³/mol. The second-order valence-electron chi connectivity index (χ2n) is 7.89. The first kappa shape index (κ1) is 23.0. The Morgan fingerprint density at radius 2 is 1.71 bits per heavy atom. The molecule has 0 saturated carbocycles. The van der Waals surface area contributed by atoms with E-state index in [1.165, 1.54) is 0 Å². The maximum atomic E-state index is 12.6. The standard InChI is InChI=1S/C24H24N4O6/c1-14-27-28-21(34-14)12-25-23(31)20(10-11-22(29)30)26-24(32)33-13-19-17-8-4-2-6-15(17)16-7-3-5-9-18(16)19/h2-9,19-20H,10-13H2,1H3,(H,25,31)(H,26,32)(H,29,30). The van der Waals surface area contributed by atoms with Gasteiger partial charge in [0.2, 0.25) is 17.7 Å². The van der Waals surface area contributed by atoms with Crippen LogP contribution in [-0.4, -0.2) is 45.9 Å². The Balaban J connectivity index is 1.38. The number of hydrogen-bond donors (Lipinski definition) is 3. The number of hydrogen-bond acceptors (Lipinski definition) is 7. The number of amides is 2. The summed E-state index contributed by atoms with van der Waals surface area (Å²) in [4.78, 5) is 36.2. The lowest BCUT2D eigenvalue weighted by Crippen LogP contribution is -2.47. The van der Waals surface area contributed by atoms with Gasteiger partial charge in [0, 0.05) is 19.3 Å². The third-order valence-electron chi connectivity index (χ3n) is 5.58. The van der Waals surface area contributed by atoms with Gasteiger partial charge in [-0.3, -0.25) is 9.59 Å². The van der Waals surface area contributed by atoms with Crippen molar-refractivity contribution in [3.8, 4) is 11.1 Å². The first-order valence-electron chi connectivity index (χ1n) is 10.8. The first-order chi connectivity index (χ1) is 16.4. The molecule has 0 fully saturated rings. The molecule has 3 aromatic rings. The minimum atomic E-state index is -1.10. The maximum Gasteiger partial charge on any atom is 0.407 e. The molecule has 176 valence electrons. The van der Waals surface area contributed by atoms with Gasteiger partial charge in [0.15, 0.2) is 0 Å². The molecule has 0 radical (unpaired) electrons. The number of aromatic nitrogens is 2. The number of rotatable bonds is 9. The molecule has 10 nitrogen and oxygen atoms in total. The highest BCUT2D eigenvalue weighted by molar-refractivity contribution is 5.86. The molecule has 10 heteroatoms. The number of ether oxygens (including phenoxy) is 1. The summed E-state index contributed by atoms with van der Waals surface area (Å²) < 4.78 is 10.7. The Kier molecular flexibility index (Phi) is 6.86. The van der Waals surface area contributed by atoms with Crippen molar-refractivity contribution >= 4 is 18.0 Å². The van der Waals surface area contributed by atoms with Crippen molar-refractivity contribution in [2.75, 3.05) is 6.61 Å². The van der Waals surface area contributed by atoms with Gasteiger partial charge in [0.05, 0.1) is 6.54 Å². The van der Waals surface area contributed by atoms with Gasteiger partial charge in [-0.25, -0.2) is 4.79 Å². The highest BCUT2D eigenvalue weighted by Crippen LogP contribution is 2.44. The van der Waals surface area contributed by atoms with Crippen LogP contribution in [0.4, 0.5) is 4.79 Å². The zero-order valence-corrected chi connectivity index (χ0v) is 18.5. The molecule has 3 N–H and O–H groups in total. The number of nitrogens with zero attached hydrogens (tertiary/aromatic N) is 2. The van der Waals surface area contributed by atoms with Crippen molar-refractivity contribution in [3.05, 3.63) is 71.4 Å². The first-order valence-corrected chi connectivity index (χ1v) is 10.8. The van der Waals surface area contributed by atoms with E-state index in [1.807, 2.05) is 48.5 Å². The molecular weight excluding hydrogens is 440 g/mol. The monoisotopic (exact) mass is 464 g/mol. The fourth-order valence-electron chi connectivity index (χ4n) is 4.01. The molecule has 1 aliphatic carbocycles. The van der Waals surface area contributed by atoms with E-state index in [4.69, 9.17) is 14.3 Å². The maximum absolute atomic E-state index is 12.6. The van der Waals surface area contributed by atoms with E-state index in [1.54, 1.807) is 6.92 Å². The summed E-state index contributed by atoms with van der Waals surface area (Å²) in [5.41, 5.74) is 4.32. The summed E-state index contributed by atoms with van der Waals surface area (Å²) in [5, 5.41) is 21.5. The largest absolute Gasteiger partial charge is 0.481 e. The van der Waals surface area contributed by atoms with Gasteiger partial charge in [-0.2, -0.15) is 0 Å². The topological polar surface area (TPSA) is 144 Å². The molecule has 1 atom stereocenters. The van der Waals surface area contributed by atoms with Crippen molar-refractivity contribution in [3.63, 3.8) is 0 Å². The zero-order valence-electron chi connectivity index (χ0n) is 18.5. The van der Waals surface area contributed by atoms with Gasteiger partial charge < -0.3 is 24.9 Å². The van der Waals surface area contributed by atoms with E-state index in [-0.39, 0.29) is 37.8 Å². The minimum Gasteiger partial charge on any atom is -0.481 e. The van der Waals surface area contributed by atoms with E-state index in [0.717, 1.165) is 22.3 Å². The molecule has 4 rings (SSSR count). The molecule has 0 spiro atoms. The Bertz CT molecular complexity index is 1160. The van der Waals surface area contributed by atoms with Crippen LogP contribution in [-0.2, 0) is 20.9 Å². The fraction of sp³-hybridized carbons (Fsp3) is 0.292. The van der Waals surface area contributed by atoms with Crippen LogP contribution >= 0.6 is 0 Å². The van der Waals surface area contributed by atoms with Crippen LogP contribution in [0.1, 0.15) is 41.7 Å². The Morgan fingerprint density at radius 3 is 2.29 bits per heavy atom. The summed E-state index contributed by atoms with van der Waals surface area (Å²) in [6, 6.07) is 14.8. The van der Waals surface area contributed by atoms with Crippen molar-refractivity contribution < 1.29 is 28.6 Å². The van der Waals surface area contributed by atoms with Crippen LogP contribution in [0.3, 0.4) is 0 Å². The van der Waals surface area contributed by atoms with Crippen LogP contribution in [0.5, 0.6) is 0 Å². The number of nitrogens with one attached hydrogen (secondary N) is 2. The average Bonchev–Trinajstić information content (AvgIpc) is 3.39. The van der Waals surface area contributed by atoms with E-state index in [9.17, 15) is 14.4 Å². The summed E-state index contributed by atoms with van der Waals surface area (Å²) in [5.74, 6) is -1.25. The van der Waals surface area contributed by atoms with E-state index >= 15 is 0 Å². The summed E-state index contributed by atoms with van der Waals surface area (Å²) >= 11 is 0. The molecule has 1 heterocycles. The second-order valence-corrected chi connectivity index (χ2v) is 7.89. The zero-order chi connectivity index (χ0) is 24.1. The number of carbonyl (C=O) groups excluding carboxylic acids is 2. The summed E-state index contributed by atoms with van der Waals surface area (Å²) in [6.45, 7) is 1.65. The molecule has 0 saturated heterocycles. The number of aliphatic carboxylic acids is 1. The Hall–Kier alpha value is -4.21. The van der Waals surface area contributed by atoms with Crippen LogP contribution in [0.2, 0.25) is 0 Å². The smallest absolute Gasteiger partial charge is 0.407 e. The molecule has 34 heavy (non-hydrogen) atoms. The second kappa shape index (κ2) is 10.2. The van der Waals surface area contributed by atoms with Crippen molar-refractivity contribution in [1.29, 1.82) is 0 Å². The minimum absolute atomic E-state index is 0.0460. The van der Waals surface area contributed by atoms with Crippen LogP contribution in [0.25, 0.3) is 11.1 Å². The number of carboxylic acids is 1. The lowest BCUT2D eigenvalue weighted by molar-refractivity contribution is -0.137. The van der Waals surface area contributed by atoms with Gasteiger partial charge in [-0.1, -0.05) is 48.5 Å². The number of carbonyl (C=O) groups is 3. The number of fused-ring (bicyclic) bond motifs is 3. The number of aryl methyl sites for hydroxylation is 1. The lowest BCUT2D eigenvalue weighted by atomic mass is 9.98. The average molecular weight is 464 g/mol. The van der Waals surface area contributed by atoms with Crippen molar-refractivity contribution in [1.82, 2.24) is 20.8 Å². The molecular formula is C24H24N4O6. The Labute approximate surface area is 195 Å². The molecule has 1 unspecified atom stereocenters. The van der Waals surface area contributed by atoms with Gasteiger partial charge >= 0.3 is 12.1 Å². The van der Waals surface area contributed by atoms with Gasteiger partial charge in [0.25, 0.3) is 0 Å². The number of benzene rings is 2. The molecule has 0 bridgehead atoms. The highest BCUT2D eigenvalue weighted by atomic mass is 16.5. The van der Waals surface area contributed by atoms with Crippen LogP contribution < -0.4 is 10.6 Å². The van der Waals surface area contributed by atoms with E-state index in [0.29, 0.717) is 5.89 Å². The highest BCUT2D eigenvalue weighted by Gasteiger charge is 2.30. The van der Waals surface area contributed by atoms with Crippen molar-refractivity contribution in [2.24, 2.45) is 0 Å². The van der Waals surface area contributed by atoms with Crippen molar-refractivity contribution in [2.45, 2.75) is 38.3 Å². The van der Waals surface area contributed by atoms with Crippen LogP contribution in [0, 0.1) is 6.92 Å².